The number of phenols is 1. The molecular formula is C15H22FN3O. The fourth-order valence-corrected chi connectivity index (χ4v) is 2.40. The minimum Gasteiger partial charge on any atom is -0.505 e. The van der Waals surface area contributed by atoms with E-state index < -0.39 is 5.82 Å². The number of halogens is 1. The lowest BCUT2D eigenvalue weighted by Crippen LogP contribution is -2.42. The van der Waals surface area contributed by atoms with Crippen molar-refractivity contribution in [2.24, 2.45) is 4.99 Å². The zero-order chi connectivity index (χ0) is 14.4. The molecule has 4 nitrogen and oxygen atoms in total. The summed E-state index contributed by atoms with van der Waals surface area (Å²) in [4.78, 5) is 4.46. The highest BCUT2D eigenvalue weighted by Crippen LogP contribution is 2.18. The topological polar surface area (TPSA) is 56.7 Å². The zero-order valence-corrected chi connectivity index (χ0v) is 11.8. The lowest BCUT2D eigenvalue weighted by Gasteiger charge is -2.16. The van der Waals surface area contributed by atoms with Crippen molar-refractivity contribution < 1.29 is 9.50 Å². The van der Waals surface area contributed by atoms with Crippen molar-refractivity contribution in [1.29, 1.82) is 0 Å². The summed E-state index contributed by atoms with van der Waals surface area (Å²) in [6.45, 7) is 3.20. The Bertz CT molecular complexity index is 470. The van der Waals surface area contributed by atoms with Crippen LogP contribution in [0.25, 0.3) is 0 Å². The van der Waals surface area contributed by atoms with E-state index in [1.54, 1.807) is 6.07 Å². The second-order valence-corrected chi connectivity index (χ2v) is 5.11. The van der Waals surface area contributed by atoms with Crippen molar-refractivity contribution in [2.75, 3.05) is 6.54 Å². The van der Waals surface area contributed by atoms with Gasteiger partial charge in [0.2, 0.25) is 0 Å². The van der Waals surface area contributed by atoms with E-state index in [0.717, 1.165) is 18.1 Å². The van der Waals surface area contributed by atoms with Gasteiger partial charge in [-0.05, 0) is 37.5 Å². The van der Waals surface area contributed by atoms with Gasteiger partial charge in [0.05, 0.1) is 6.54 Å². The molecule has 1 aliphatic carbocycles. The maximum atomic E-state index is 13.2. The maximum Gasteiger partial charge on any atom is 0.191 e. The van der Waals surface area contributed by atoms with Crippen LogP contribution in [0.15, 0.2) is 23.2 Å². The summed E-state index contributed by atoms with van der Waals surface area (Å²) in [5, 5.41) is 15.8. The van der Waals surface area contributed by atoms with Crippen molar-refractivity contribution in [3.63, 3.8) is 0 Å². The number of phenolic OH excluding ortho intramolecular Hbond substituents is 1. The molecular weight excluding hydrogens is 257 g/mol. The first kappa shape index (κ1) is 14.6. The normalized spacial score (nSPS) is 16.4. The third-order valence-electron chi connectivity index (χ3n) is 3.47. The quantitative estimate of drug-likeness (QED) is 0.586. The second-order valence-electron chi connectivity index (χ2n) is 5.11. The molecule has 5 heteroatoms. The van der Waals surface area contributed by atoms with E-state index in [9.17, 15) is 4.39 Å². The number of nitrogens with one attached hydrogen (secondary N) is 2. The lowest BCUT2D eigenvalue weighted by atomic mass is 10.2. The van der Waals surface area contributed by atoms with Crippen molar-refractivity contribution >= 4 is 5.96 Å². The van der Waals surface area contributed by atoms with Crippen LogP contribution < -0.4 is 10.6 Å². The van der Waals surface area contributed by atoms with Gasteiger partial charge in [0.1, 0.15) is 0 Å². The fourth-order valence-electron chi connectivity index (χ4n) is 2.40. The Labute approximate surface area is 119 Å². The van der Waals surface area contributed by atoms with E-state index in [0.29, 0.717) is 12.6 Å². The van der Waals surface area contributed by atoms with Crippen LogP contribution in [0.2, 0.25) is 0 Å². The molecule has 110 valence electrons. The molecule has 0 amide bonds. The number of hydrogen-bond acceptors (Lipinski definition) is 2. The predicted molar refractivity (Wildman–Crippen MR) is 78.3 cm³/mol. The van der Waals surface area contributed by atoms with Crippen molar-refractivity contribution in [2.45, 2.75) is 45.2 Å². The van der Waals surface area contributed by atoms with Crippen molar-refractivity contribution in [1.82, 2.24) is 10.6 Å². The lowest BCUT2D eigenvalue weighted by molar-refractivity contribution is 0.432. The molecule has 1 aromatic rings. The number of guanidine groups is 1. The Hall–Kier alpha value is -1.78. The van der Waals surface area contributed by atoms with Crippen LogP contribution in [-0.2, 0) is 6.54 Å². The van der Waals surface area contributed by atoms with E-state index in [1.165, 1.54) is 37.8 Å². The zero-order valence-electron chi connectivity index (χ0n) is 11.8. The Morgan fingerprint density at radius 1 is 1.40 bits per heavy atom. The molecule has 0 heterocycles. The molecule has 1 aliphatic rings. The first-order chi connectivity index (χ1) is 9.69. The highest BCUT2D eigenvalue weighted by molar-refractivity contribution is 5.80. The van der Waals surface area contributed by atoms with Gasteiger partial charge in [-0.15, -0.1) is 0 Å². The maximum absolute atomic E-state index is 13.2. The van der Waals surface area contributed by atoms with Gasteiger partial charge < -0.3 is 15.7 Å². The molecule has 1 fully saturated rings. The van der Waals surface area contributed by atoms with Gasteiger partial charge in [0.25, 0.3) is 0 Å². The van der Waals surface area contributed by atoms with Crippen LogP contribution in [0.5, 0.6) is 5.75 Å². The SMILES string of the molecule is CCNC(=NCc1ccc(O)c(F)c1)NC1CCCC1. The third-order valence-corrected chi connectivity index (χ3v) is 3.47. The van der Waals surface area contributed by atoms with Crippen molar-refractivity contribution in [3.8, 4) is 5.75 Å². The monoisotopic (exact) mass is 279 g/mol. The summed E-state index contributed by atoms with van der Waals surface area (Å²) in [6, 6.07) is 4.85. The van der Waals surface area contributed by atoms with Gasteiger partial charge in [0.15, 0.2) is 17.5 Å². The number of rotatable bonds is 4. The standard InChI is InChI=1S/C15H22FN3O/c1-2-17-15(19-12-5-3-4-6-12)18-10-11-7-8-14(20)13(16)9-11/h7-9,12,20H,2-6,10H2,1H3,(H2,17,18,19). The minimum absolute atomic E-state index is 0.325. The number of aliphatic imine (C=N–C) groups is 1. The van der Waals surface area contributed by atoms with Gasteiger partial charge in [0, 0.05) is 12.6 Å². The minimum atomic E-state index is -0.605. The van der Waals surface area contributed by atoms with Gasteiger partial charge in [-0.3, -0.25) is 0 Å². The molecule has 0 aromatic heterocycles. The Kier molecular flexibility index (Phi) is 5.21. The van der Waals surface area contributed by atoms with E-state index in [1.807, 2.05) is 6.92 Å². The molecule has 0 unspecified atom stereocenters. The largest absolute Gasteiger partial charge is 0.505 e. The van der Waals surface area contributed by atoms with Crippen LogP contribution in [0.3, 0.4) is 0 Å². The predicted octanol–water partition coefficient (Wildman–Crippen LogP) is 2.53. The molecule has 0 saturated heterocycles. The molecule has 1 saturated carbocycles. The summed E-state index contributed by atoms with van der Waals surface area (Å²) in [6.07, 6.45) is 4.89. The number of benzene rings is 1. The number of hydrogen-bond donors (Lipinski definition) is 3. The molecule has 1 aromatic carbocycles. The Morgan fingerprint density at radius 3 is 2.80 bits per heavy atom. The first-order valence-electron chi connectivity index (χ1n) is 7.21. The highest BCUT2D eigenvalue weighted by atomic mass is 19.1. The van der Waals surface area contributed by atoms with Crippen LogP contribution in [0.1, 0.15) is 38.2 Å². The van der Waals surface area contributed by atoms with Gasteiger partial charge in [-0.2, -0.15) is 0 Å². The van der Waals surface area contributed by atoms with Crippen molar-refractivity contribution in [3.05, 3.63) is 29.6 Å². The summed E-state index contributed by atoms with van der Waals surface area (Å²) < 4.78 is 13.2. The molecule has 3 N–H and O–H groups in total. The summed E-state index contributed by atoms with van der Waals surface area (Å²) >= 11 is 0. The summed E-state index contributed by atoms with van der Waals surface area (Å²) in [5.41, 5.74) is 0.740. The van der Waals surface area contributed by atoms with E-state index in [4.69, 9.17) is 5.11 Å². The molecule has 0 bridgehead atoms. The second kappa shape index (κ2) is 7.12. The highest BCUT2D eigenvalue weighted by Gasteiger charge is 2.15. The fraction of sp³-hybridized carbons (Fsp3) is 0.533. The Morgan fingerprint density at radius 2 is 2.15 bits per heavy atom. The van der Waals surface area contributed by atoms with Gasteiger partial charge in [-0.1, -0.05) is 18.9 Å². The van der Waals surface area contributed by atoms with E-state index in [2.05, 4.69) is 15.6 Å². The van der Waals surface area contributed by atoms with Crippen LogP contribution >= 0.6 is 0 Å². The third kappa shape index (κ3) is 4.11. The molecule has 0 spiro atoms. The van der Waals surface area contributed by atoms with Gasteiger partial charge >= 0.3 is 0 Å². The molecule has 0 atom stereocenters. The van der Waals surface area contributed by atoms with Crippen LogP contribution in [0, 0.1) is 5.82 Å². The smallest absolute Gasteiger partial charge is 0.191 e. The molecule has 0 radical (unpaired) electrons. The van der Waals surface area contributed by atoms with E-state index >= 15 is 0 Å². The first-order valence-corrected chi connectivity index (χ1v) is 7.21. The van der Waals surface area contributed by atoms with Crippen LogP contribution in [0.4, 0.5) is 4.39 Å². The summed E-state index contributed by atoms with van der Waals surface area (Å²) in [5.74, 6) is -0.159. The van der Waals surface area contributed by atoms with Crippen LogP contribution in [-0.4, -0.2) is 23.7 Å². The average Bonchev–Trinajstić information content (AvgIpc) is 2.93. The van der Waals surface area contributed by atoms with E-state index in [-0.39, 0.29) is 5.75 Å². The van der Waals surface area contributed by atoms with Gasteiger partial charge in [-0.25, -0.2) is 9.38 Å². The molecule has 2 rings (SSSR count). The summed E-state index contributed by atoms with van der Waals surface area (Å²) in [7, 11) is 0. The Balaban J connectivity index is 1.98. The molecule has 0 aliphatic heterocycles. The number of aromatic hydroxyl groups is 1. The average molecular weight is 279 g/mol. The molecule has 20 heavy (non-hydrogen) atoms. The number of nitrogens with zero attached hydrogens (tertiary/aromatic N) is 1.